The molecule has 1 N–H and O–H groups in total. The Kier molecular flexibility index (Phi) is 6.44. The van der Waals surface area contributed by atoms with Gasteiger partial charge in [-0.05, 0) is 12.5 Å². The normalized spacial score (nSPS) is 17.4. The van der Waals surface area contributed by atoms with Crippen LogP contribution in [0.2, 0.25) is 0 Å². The molecule has 23 heavy (non-hydrogen) atoms. The SMILES string of the molecule is CCCCCN1CC(C(=O)NCc2ccccc2OC)CC1=O. The van der Waals surface area contributed by atoms with Gasteiger partial charge in [-0.1, -0.05) is 38.0 Å². The van der Waals surface area contributed by atoms with Crippen molar-refractivity contribution in [3.8, 4) is 5.75 Å². The van der Waals surface area contributed by atoms with Gasteiger partial charge >= 0.3 is 0 Å². The summed E-state index contributed by atoms with van der Waals surface area (Å²) in [5.41, 5.74) is 0.937. The zero-order valence-corrected chi connectivity index (χ0v) is 14.0. The number of methoxy groups -OCH3 is 1. The van der Waals surface area contributed by atoms with Gasteiger partial charge in [0.1, 0.15) is 5.75 Å². The molecule has 1 fully saturated rings. The average Bonchev–Trinajstić information content (AvgIpc) is 2.94. The molecule has 0 radical (unpaired) electrons. The van der Waals surface area contributed by atoms with Crippen molar-refractivity contribution in [2.75, 3.05) is 20.2 Å². The highest BCUT2D eigenvalue weighted by Gasteiger charge is 2.33. The predicted octanol–water partition coefficient (Wildman–Crippen LogP) is 2.35. The van der Waals surface area contributed by atoms with E-state index < -0.39 is 0 Å². The van der Waals surface area contributed by atoms with Crippen molar-refractivity contribution in [2.24, 2.45) is 5.92 Å². The zero-order chi connectivity index (χ0) is 16.7. The number of ether oxygens (including phenoxy) is 1. The van der Waals surface area contributed by atoms with Crippen LogP contribution < -0.4 is 10.1 Å². The Hall–Kier alpha value is -2.04. The molecule has 1 aliphatic rings. The Balaban J connectivity index is 1.83. The standard InChI is InChI=1S/C18H26N2O3/c1-3-4-7-10-20-13-15(11-17(20)21)18(22)19-12-14-8-5-6-9-16(14)23-2/h5-6,8-9,15H,3-4,7,10-13H2,1-2H3,(H,19,22). The number of carbonyl (C=O) groups excluding carboxylic acids is 2. The predicted molar refractivity (Wildman–Crippen MR) is 89.1 cm³/mol. The molecule has 0 saturated carbocycles. The molecule has 1 unspecified atom stereocenters. The van der Waals surface area contributed by atoms with Crippen LogP contribution in [0.4, 0.5) is 0 Å². The third-order valence-corrected chi connectivity index (χ3v) is 4.26. The van der Waals surface area contributed by atoms with Crippen molar-refractivity contribution in [3.63, 3.8) is 0 Å². The van der Waals surface area contributed by atoms with Crippen molar-refractivity contribution in [3.05, 3.63) is 29.8 Å². The Morgan fingerprint density at radius 1 is 1.35 bits per heavy atom. The smallest absolute Gasteiger partial charge is 0.225 e. The molecule has 0 aromatic heterocycles. The number of nitrogens with one attached hydrogen (secondary N) is 1. The highest BCUT2D eigenvalue weighted by Crippen LogP contribution is 2.20. The van der Waals surface area contributed by atoms with Gasteiger partial charge in [-0.2, -0.15) is 0 Å². The summed E-state index contributed by atoms with van der Waals surface area (Å²) in [6.07, 6.45) is 3.58. The maximum atomic E-state index is 12.3. The van der Waals surface area contributed by atoms with Gasteiger partial charge in [-0.3, -0.25) is 9.59 Å². The second kappa shape index (κ2) is 8.56. The van der Waals surface area contributed by atoms with E-state index in [-0.39, 0.29) is 17.7 Å². The first-order chi connectivity index (χ1) is 11.2. The van der Waals surface area contributed by atoms with Crippen LogP contribution in [0, 0.1) is 5.92 Å². The van der Waals surface area contributed by atoms with Crippen LogP contribution >= 0.6 is 0 Å². The van der Waals surface area contributed by atoms with Gasteiger partial charge in [0.2, 0.25) is 11.8 Å². The topological polar surface area (TPSA) is 58.6 Å². The van der Waals surface area contributed by atoms with Crippen LogP contribution in [-0.2, 0) is 16.1 Å². The number of unbranched alkanes of at least 4 members (excludes halogenated alkanes) is 2. The maximum Gasteiger partial charge on any atom is 0.225 e. The van der Waals surface area contributed by atoms with Crippen LogP contribution in [0.1, 0.15) is 38.2 Å². The van der Waals surface area contributed by atoms with Gasteiger partial charge in [-0.25, -0.2) is 0 Å². The first-order valence-electron chi connectivity index (χ1n) is 8.33. The lowest BCUT2D eigenvalue weighted by molar-refractivity contribution is -0.129. The van der Waals surface area contributed by atoms with Crippen LogP contribution in [0.25, 0.3) is 0 Å². The molecule has 1 saturated heterocycles. The van der Waals surface area contributed by atoms with Gasteiger partial charge in [0.25, 0.3) is 0 Å². The van der Waals surface area contributed by atoms with Gasteiger partial charge < -0.3 is 15.0 Å². The van der Waals surface area contributed by atoms with E-state index in [1.165, 1.54) is 0 Å². The summed E-state index contributed by atoms with van der Waals surface area (Å²) in [4.78, 5) is 26.1. The number of likely N-dealkylation sites (tertiary alicyclic amines) is 1. The molecule has 5 nitrogen and oxygen atoms in total. The first-order valence-corrected chi connectivity index (χ1v) is 8.33. The van der Waals surface area contributed by atoms with Crippen molar-refractivity contribution in [1.82, 2.24) is 10.2 Å². The summed E-state index contributed by atoms with van der Waals surface area (Å²) in [7, 11) is 1.62. The molecular formula is C18H26N2O3. The number of nitrogens with zero attached hydrogens (tertiary/aromatic N) is 1. The number of carbonyl (C=O) groups is 2. The van der Waals surface area contributed by atoms with Crippen molar-refractivity contribution in [1.29, 1.82) is 0 Å². The molecule has 1 heterocycles. The summed E-state index contributed by atoms with van der Waals surface area (Å²) >= 11 is 0. The van der Waals surface area contributed by atoms with Gasteiger partial charge in [0.15, 0.2) is 0 Å². The molecule has 2 amide bonds. The highest BCUT2D eigenvalue weighted by molar-refractivity contribution is 5.89. The van der Waals surface area contributed by atoms with E-state index in [1.54, 1.807) is 7.11 Å². The molecule has 1 atom stereocenters. The molecule has 2 rings (SSSR count). The number of hydrogen-bond acceptors (Lipinski definition) is 3. The summed E-state index contributed by atoms with van der Waals surface area (Å²) in [5.74, 6) is 0.566. The minimum atomic E-state index is -0.237. The molecule has 0 bridgehead atoms. The van der Waals surface area contributed by atoms with E-state index >= 15 is 0 Å². The molecule has 1 aromatic carbocycles. The summed E-state index contributed by atoms with van der Waals surface area (Å²) in [6, 6.07) is 7.61. The van der Waals surface area contributed by atoms with E-state index in [1.807, 2.05) is 29.2 Å². The molecule has 5 heteroatoms. The van der Waals surface area contributed by atoms with Crippen molar-refractivity contribution in [2.45, 2.75) is 39.2 Å². The van der Waals surface area contributed by atoms with Crippen LogP contribution in [0.15, 0.2) is 24.3 Å². The van der Waals surface area contributed by atoms with Crippen LogP contribution in [-0.4, -0.2) is 36.9 Å². The fourth-order valence-corrected chi connectivity index (χ4v) is 2.89. The third kappa shape index (κ3) is 4.71. The van der Waals surface area contributed by atoms with Crippen LogP contribution in [0.5, 0.6) is 5.75 Å². The molecule has 0 spiro atoms. The minimum absolute atomic E-state index is 0.0535. The van der Waals surface area contributed by atoms with E-state index in [0.29, 0.717) is 19.5 Å². The lowest BCUT2D eigenvalue weighted by atomic mass is 10.1. The van der Waals surface area contributed by atoms with E-state index in [4.69, 9.17) is 4.74 Å². The molecule has 1 aromatic rings. The van der Waals surface area contributed by atoms with Crippen molar-refractivity contribution >= 4 is 11.8 Å². The maximum absolute atomic E-state index is 12.3. The Morgan fingerprint density at radius 3 is 2.87 bits per heavy atom. The molecule has 1 aliphatic heterocycles. The van der Waals surface area contributed by atoms with E-state index in [2.05, 4.69) is 12.2 Å². The largest absolute Gasteiger partial charge is 0.496 e. The van der Waals surface area contributed by atoms with Gasteiger partial charge in [0.05, 0.1) is 13.0 Å². The monoisotopic (exact) mass is 318 g/mol. The first kappa shape index (κ1) is 17.3. The lowest BCUT2D eigenvalue weighted by Gasteiger charge is -2.16. The second-order valence-electron chi connectivity index (χ2n) is 5.98. The fourth-order valence-electron chi connectivity index (χ4n) is 2.89. The third-order valence-electron chi connectivity index (χ3n) is 4.26. The Morgan fingerprint density at radius 2 is 2.13 bits per heavy atom. The second-order valence-corrected chi connectivity index (χ2v) is 5.98. The molecule has 126 valence electrons. The van der Waals surface area contributed by atoms with Gasteiger partial charge in [-0.15, -0.1) is 0 Å². The summed E-state index contributed by atoms with van der Waals surface area (Å²) < 4.78 is 5.28. The van der Waals surface area contributed by atoms with Gasteiger partial charge in [0, 0.05) is 31.6 Å². The van der Waals surface area contributed by atoms with E-state index in [9.17, 15) is 9.59 Å². The minimum Gasteiger partial charge on any atom is -0.496 e. The number of hydrogen-bond donors (Lipinski definition) is 1. The number of benzene rings is 1. The van der Waals surface area contributed by atoms with Crippen LogP contribution in [0.3, 0.4) is 0 Å². The lowest BCUT2D eigenvalue weighted by Crippen LogP contribution is -2.33. The Labute approximate surface area is 138 Å². The van der Waals surface area contributed by atoms with Crippen molar-refractivity contribution < 1.29 is 14.3 Å². The summed E-state index contributed by atoms with van der Waals surface area (Å²) in [5, 5.41) is 2.93. The Bertz CT molecular complexity index is 545. The molecule has 0 aliphatic carbocycles. The molecular weight excluding hydrogens is 292 g/mol. The fraction of sp³-hybridized carbons (Fsp3) is 0.556. The number of rotatable bonds is 8. The van der Waals surface area contributed by atoms with E-state index in [0.717, 1.165) is 37.1 Å². The number of para-hydroxylation sites is 1. The number of amides is 2. The highest BCUT2D eigenvalue weighted by atomic mass is 16.5. The quantitative estimate of drug-likeness (QED) is 0.749. The summed E-state index contributed by atoms with van der Waals surface area (Å²) in [6.45, 7) is 3.87. The zero-order valence-electron chi connectivity index (χ0n) is 14.0. The average molecular weight is 318 g/mol.